The highest BCUT2D eigenvalue weighted by Gasteiger charge is 2.42. The maximum absolute atomic E-state index is 10.7. The van der Waals surface area contributed by atoms with Crippen molar-refractivity contribution in [2.24, 2.45) is 0 Å². The molecule has 4 rings (SSSR count). The quantitative estimate of drug-likeness (QED) is 0.431. The Kier molecular flexibility index (Phi) is 4.63. The molecular formula is C17H18N6O5. The van der Waals surface area contributed by atoms with Gasteiger partial charge in [-0.2, -0.15) is 0 Å². The number of nitrogens with zero attached hydrogens (tertiary/aromatic N) is 5. The topological polar surface area (TPSA) is 148 Å². The van der Waals surface area contributed by atoms with Crippen molar-refractivity contribution in [3.63, 3.8) is 0 Å². The number of imidazole rings is 1. The normalized spacial score (nSPS) is 24.5. The van der Waals surface area contributed by atoms with Crippen molar-refractivity contribution < 1.29 is 19.9 Å². The average molecular weight is 386 g/mol. The van der Waals surface area contributed by atoms with E-state index in [-0.39, 0.29) is 5.69 Å². The first-order valence-electron chi connectivity index (χ1n) is 8.62. The second kappa shape index (κ2) is 7.11. The summed E-state index contributed by atoms with van der Waals surface area (Å²) in [5, 5.41) is 34.0. The van der Waals surface area contributed by atoms with Gasteiger partial charge in [0.15, 0.2) is 23.2 Å². The molecule has 11 heteroatoms. The summed E-state index contributed by atoms with van der Waals surface area (Å²) in [4.78, 5) is 23.0. The number of fused-ring (bicyclic) bond motifs is 1. The number of aromatic nitrogens is 4. The Bertz CT molecular complexity index is 1010. The molecule has 1 aliphatic heterocycles. The van der Waals surface area contributed by atoms with E-state index < -0.39 is 29.5 Å². The van der Waals surface area contributed by atoms with E-state index in [2.05, 4.69) is 20.3 Å². The third kappa shape index (κ3) is 3.15. The number of aliphatic hydroxyl groups excluding tert-OH is 2. The Morgan fingerprint density at radius 2 is 1.96 bits per heavy atom. The van der Waals surface area contributed by atoms with Crippen LogP contribution < -0.4 is 5.32 Å². The first-order chi connectivity index (χ1) is 13.5. The number of aliphatic hydroxyl groups is 2. The molecule has 3 heterocycles. The van der Waals surface area contributed by atoms with Crippen LogP contribution in [0.5, 0.6) is 0 Å². The van der Waals surface area contributed by atoms with Gasteiger partial charge in [0.05, 0.1) is 17.4 Å². The average Bonchev–Trinajstić information content (AvgIpc) is 3.23. The van der Waals surface area contributed by atoms with E-state index in [1.54, 1.807) is 23.6 Å². The Morgan fingerprint density at radius 3 is 2.61 bits per heavy atom. The van der Waals surface area contributed by atoms with Crippen molar-refractivity contribution >= 4 is 22.7 Å². The Labute approximate surface area is 158 Å². The minimum absolute atomic E-state index is 0.0263. The number of benzene rings is 1. The zero-order valence-electron chi connectivity index (χ0n) is 14.8. The largest absolute Gasteiger partial charge is 0.388 e. The predicted molar refractivity (Wildman–Crippen MR) is 97.3 cm³/mol. The van der Waals surface area contributed by atoms with E-state index in [4.69, 9.17) is 4.74 Å². The highest BCUT2D eigenvalue weighted by molar-refractivity contribution is 5.82. The molecule has 0 unspecified atom stereocenters. The summed E-state index contributed by atoms with van der Waals surface area (Å²) in [6, 6.07) is 6.19. The van der Waals surface area contributed by atoms with Gasteiger partial charge in [-0.05, 0) is 12.5 Å². The van der Waals surface area contributed by atoms with E-state index in [1.165, 1.54) is 24.8 Å². The molecular weight excluding hydrogens is 368 g/mol. The van der Waals surface area contributed by atoms with E-state index in [0.29, 0.717) is 23.5 Å². The summed E-state index contributed by atoms with van der Waals surface area (Å²) in [6.45, 7) is 2.06. The zero-order chi connectivity index (χ0) is 19.8. The van der Waals surface area contributed by atoms with Gasteiger partial charge in [0.1, 0.15) is 18.5 Å². The second-order valence-electron chi connectivity index (χ2n) is 6.54. The lowest BCUT2D eigenvalue weighted by atomic mass is 10.1. The molecule has 0 aliphatic carbocycles. The van der Waals surface area contributed by atoms with Crippen molar-refractivity contribution in [3.05, 3.63) is 52.6 Å². The first kappa shape index (κ1) is 18.2. The van der Waals surface area contributed by atoms with Crippen LogP contribution in [0.3, 0.4) is 0 Å². The number of nitro benzene ring substituents is 1. The fourth-order valence-corrected chi connectivity index (χ4v) is 3.15. The molecule has 3 N–H and O–H groups in total. The maximum Gasteiger partial charge on any atom is 0.269 e. The highest BCUT2D eigenvalue weighted by Crippen LogP contribution is 2.32. The minimum atomic E-state index is -1.10. The van der Waals surface area contributed by atoms with Gasteiger partial charge in [-0.15, -0.1) is 0 Å². The third-order valence-electron chi connectivity index (χ3n) is 4.72. The lowest BCUT2D eigenvalue weighted by Crippen LogP contribution is -2.30. The summed E-state index contributed by atoms with van der Waals surface area (Å²) in [5.74, 6) is 0.475. The summed E-state index contributed by atoms with van der Waals surface area (Å²) >= 11 is 0. The second-order valence-corrected chi connectivity index (χ2v) is 6.54. The molecule has 0 bridgehead atoms. The molecule has 3 aromatic rings. The fraction of sp³-hybridized carbons (Fsp3) is 0.353. The lowest BCUT2D eigenvalue weighted by molar-refractivity contribution is -0.384. The van der Waals surface area contributed by atoms with Crippen LogP contribution in [-0.4, -0.2) is 53.0 Å². The van der Waals surface area contributed by atoms with Gasteiger partial charge < -0.3 is 20.3 Å². The molecule has 28 heavy (non-hydrogen) atoms. The van der Waals surface area contributed by atoms with Gasteiger partial charge in [-0.25, -0.2) is 15.0 Å². The number of nitro groups is 1. The molecule has 0 amide bonds. The Morgan fingerprint density at radius 1 is 1.21 bits per heavy atom. The fourth-order valence-electron chi connectivity index (χ4n) is 3.15. The van der Waals surface area contributed by atoms with E-state index in [0.717, 1.165) is 5.56 Å². The molecule has 1 saturated heterocycles. The van der Waals surface area contributed by atoms with Crippen molar-refractivity contribution in [3.8, 4) is 0 Å². The minimum Gasteiger partial charge on any atom is -0.388 e. The van der Waals surface area contributed by atoms with E-state index in [1.807, 2.05) is 0 Å². The standard InChI is InChI=1S/C17H18N6O5/c1-9-13(24)14(25)17(28-9)22-8-21-12-15(19-7-20-16(12)22)18-6-10-2-4-11(5-3-10)23(26)27/h2-5,7-9,13-14,17,24-25H,6H2,1H3,(H,18,19,20)/t9-,13-,14-,17-/m1/s1. The van der Waals surface area contributed by atoms with Crippen LogP contribution in [0.15, 0.2) is 36.9 Å². The van der Waals surface area contributed by atoms with Crippen LogP contribution in [0.1, 0.15) is 18.7 Å². The SMILES string of the molecule is C[C@H]1O[C@@H](n2cnc3c(NCc4ccc([N+](=O)[O-])cc4)ncnc32)[C@H](O)[C@@H]1O. The van der Waals surface area contributed by atoms with Gasteiger partial charge in [-0.3, -0.25) is 14.7 Å². The van der Waals surface area contributed by atoms with Gasteiger partial charge in [-0.1, -0.05) is 12.1 Å². The monoisotopic (exact) mass is 386 g/mol. The lowest BCUT2D eigenvalue weighted by Gasteiger charge is -2.16. The summed E-state index contributed by atoms with van der Waals surface area (Å²) in [7, 11) is 0. The summed E-state index contributed by atoms with van der Waals surface area (Å²) in [5.41, 5.74) is 1.79. The smallest absolute Gasteiger partial charge is 0.269 e. The van der Waals surface area contributed by atoms with Crippen LogP contribution in [-0.2, 0) is 11.3 Å². The molecule has 0 saturated carbocycles. The first-order valence-corrected chi connectivity index (χ1v) is 8.62. The third-order valence-corrected chi connectivity index (χ3v) is 4.72. The summed E-state index contributed by atoms with van der Waals surface area (Å²) < 4.78 is 7.19. The molecule has 11 nitrogen and oxygen atoms in total. The molecule has 0 spiro atoms. The van der Waals surface area contributed by atoms with Crippen molar-refractivity contribution in [2.75, 3.05) is 5.32 Å². The van der Waals surface area contributed by atoms with Crippen LogP contribution in [0, 0.1) is 10.1 Å². The van der Waals surface area contributed by atoms with Crippen molar-refractivity contribution in [1.29, 1.82) is 0 Å². The number of rotatable bonds is 5. The predicted octanol–water partition coefficient (Wildman–Crippen LogP) is 0.986. The molecule has 0 radical (unpaired) electrons. The van der Waals surface area contributed by atoms with Crippen molar-refractivity contribution in [1.82, 2.24) is 19.5 Å². The van der Waals surface area contributed by atoms with Gasteiger partial charge in [0, 0.05) is 18.7 Å². The molecule has 1 fully saturated rings. The van der Waals surface area contributed by atoms with Crippen LogP contribution >= 0.6 is 0 Å². The van der Waals surface area contributed by atoms with Gasteiger partial charge >= 0.3 is 0 Å². The summed E-state index contributed by atoms with van der Waals surface area (Å²) in [6.07, 6.45) is -0.566. The van der Waals surface area contributed by atoms with Gasteiger partial charge in [0.2, 0.25) is 0 Å². The number of hydrogen-bond donors (Lipinski definition) is 3. The molecule has 1 aromatic carbocycles. The molecule has 146 valence electrons. The number of hydrogen-bond acceptors (Lipinski definition) is 9. The molecule has 2 aromatic heterocycles. The van der Waals surface area contributed by atoms with Crippen LogP contribution in [0.4, 0.5) is 11.5 Å². The van der Waals surface area contributed by atoms with Crippen LogP contribution in [0.25, 0.3) is 11.2 Å². The Balaban J connectivity index is 1.56. The molecule has 4 atom stereocenters. The maximum atomic E-state index is 10.7. The number of non-ortho nitro benzene ring substituents is 1. The zero-order valence-corrected chi connectivity index (χ0v) is 14.8. The number of nitrogens with one attached hydrogen (secondary N) is 1. The van der Waals surface area contributed by atoms with Crippen molar-refractivity contribution in [2.45, 2.75) is 38.0 Å². The van der Waals surface area contributed by atoms with Gasteiger partial charge in [0.25, 0.3) is 5.69 Å². The van der Waals surface area contributed by atoms with Crippen LogP contribution in [0.2, 0.25) is 0 Å². The van der Waals surface area contributed by atoms with E-state index in [9.17, 15) is 20.3 Å². The van der Waals surface area contributed by atoms with E-state index >= 15 is 0 Å². The number of ether oxygens (including phenoxy) is 1. The number of anilines is 1. The molecule has 1 aliphatic rings. The highest BCUT2D eigenvalue weighted by atomic mass is 16.6. The Hall–Kier alpha value is -3.15.